The molecular weight excluding hydrogens is 500 g/mol. The van der Waals surface area contributed by atoms with Gasteiger partial charge in [-0.05, 0) is 62.1 Å². The maximum atomic E-state index is 13.5. The highest BCUT2D eigenvalue weighted by atomic mass is 79.9. The Bertz CT molecular complexity index is 1010. The number of nitrogens with zero attached hydrogens (tertiary/aromatic N) is 1. The number of rotatable bonds is 6. The minimum absolute atomic E-state index is 0.0458. The van der Waals surface area contributed by atoms with E-state index in [1.165, 1.54) is 12.8 Å². The summed E-state index contributed by atoms with van der Waals surface area (Å²) in [5.41, 5.74) is 2.72. The molecule has 5 rings (SSSR count). The molecule has 4 aliphatic rings. The topological polar surface area (TPSA) is 77.1 Å². The number of halogens is 1. The van der Waals surface area contributed by atoms with Crippen LogP contribution in [0.5, 0.6) is 0 Å². The fourth-order valence-electron chi connectivity index (χ4n) is 5.34. The highest BCUT2D eigenvalue weighted by Gasteiger charge is 2.53. The molecule has 0 bridgehead atoms. The summed E-state index contributed by atoms with van der Waals surface area (Å²) in [5, 5.41) is 3.23. The molecule has 2 atom stereocenters. The minimum atomic E-state index is -0.724. The zero-order chi connectivity index (χ0) is 23.9. The first-order valence-electron chi connectivity index (χ1n) is 12.4. The van der Waals surface area contributed by atoms with Crippen molar-refractivity contribution in [2.75, 3.05) is 32.9 Å². The van der Waals surface area contributed by atoms with Gasteiger partial charge in [0, 0.05) is 36.2 Å². The zero-order valence-corrected chi connectivity index (χ0v) is 21.5. The van der Waals surface area contributed by atoms with E-state index >= 15 is 0 Å². The molecule has 7 nitrogen and oxygen atoms in total. The van der Waals surface area contributed by atoms with Crippen LogP contribution in [0, 0.1) is 12.8 Å². The number of carbonyl (C=O) groups excluding carboxylic acids is 2. The van der Waals surface area contributed by atoms with E-state index in [0.29, 0.717) is 56.4 Å². The molecule has 1 aromatic rings. The van der Waals surface area contributed by atoms with E-state index in [4.69, 9.17) is 14.2 Å². The molecule has 1 spiro atoms. The molecule has 1 aromatic carbocycles. The van der Waals surface area contributed by atoms with E-state index in [9.17, 15) is 9.59 Å². The van der Waals surface area contributed by atoms with Crippen molar-refractivity contribution in [1.29, 1.82) is 0 Å². The van der Waals surface area contributed by atoms with E-state index in [-0.39, 0.29) is 12.0 Å². The Morgan fingerprint density at radius 2 is 2.03 bits per heavy atom. The normalized spacial score (nSPS) is 27.0. The molecule has 34 heavy (non-hydrogen) atoms. The predicted octanol–water partition coefficient (Wildman–Crippen LogP) is 4.35. The first kappa shape index (κ1) is 23.8. The maximum absolute atomic E-state index is 13.5. The van der Waals surface area contributed by atoms with Gasteiger partial charge in [0.1, 0.15) is 11.3 Å². The Morgan fingerprint density at radius 3 is 2.74 bits per heavy atom. The van der Waals surface area contributed by atoms with Crippen molar-refractivity contribution >= 4 is 33.5 Å². The molecule has 2 saturated carbocycles. The Morgan fingerprint density at radius 1 is 1.26 bits per heavy atom. The predicted molar refractivity (Wildman–Crippen MR) is 131 cm³/mol. The zero-order valence-electron chi connectivity index (χ0n) is 20.0. The number of amides is 2. The summed E-state index contributed by atoms with van der Waals surface area (Å²) in [7, 11) is 0. The molecular formula is C26H33BrN2O5. The largest absolute Gasteiger partial charge is 0.415 e. The molecule has 1 N–H and O–H groups in total. The molecule has 2 aliphatic carbocycles. The lowest BCUT2D eigenvalue weighted by Crippen LogP contribution is -2.46. The third-order valence-electron chi connectivity index (χ3n) is 7.38. The minimum Gasteiger partial charge on any atom is -0.411 e. The van der Waals surface area contributed by atoms with Gasteiger partial charge < -0.3 is 24.4 Å². The maximum Gasteiger partial charge on any atom is 0.415 e. The Labute approximate surface area is 209 Å². The number of hydrogen-bond donors (Lipinski definition) is 1. The third kappa shape index (κ3) is 4.64. The lowest BCUT2D eigenvalue weighted by atomic mass is 9.91. The van der Waals surface area contributed by atoms with Gasteiger partial charge in [0.15, 0.2) is 0 Å². The summed E-state index contributed by atoms with van der Waals surface area (Å²) in [6.45, 7) is 6.83. The smallest absolute Gasteiger partial charge is 0.411 e. The molecule has 2 amide bonds. The molecule has 3 fully saturated rings. The van der Waals surface area contributed by atoms with E-state index in [2.05, 4.69) is 34.2 Å². The number of morpholine rings is 1. The molecule has 0 radical (unpaired) electrons. The monoisotopic (exact) mass is 532 g/mol. The van der Waals surface area contributed by atoms with Gasteiger partial charge >= 0.3 is 6.09 Å². The van der Waals surface area contributed by atoms with Gasteiger partial charge in [0.2, 0.25) is 0 Å². The standard InChI is InChI=1S/C26H33BrN2O5/c1-3-18-12-16(2)13-20(27)21(18)22-23(34-25(31)29-8-10-32-11-9-29)26(28-24(22)30)7-6-19(14-26)33-15-17-4-5-17/h12-13,17,19H,3-11,14-15H2,1-2H3,(H,28,30)/t19-,26+/m1/s1. The fourth-order valence-corrected chi connectivity index (χ4v) is 6.16. The van der Waals surface area contributed by atoms with Crippen molar-refractivity contribution in [1.82, 2.24) is 10.2 Å². The second-order valence-electron chi connectivity index (χ2n) is 9.98. The van der Waals surface area contributed by atoms with Gasteiger partial charge in [0.05, 0.1) is 24.9 Å². The summed E-state index contributed by atoms with van der Waals surface area (Å²) >= 11 is 3.70. The van der Waals surface area contributed by atoms with E-state index < -0.39 is 11.6 Å². The Hall–Kier alpha value is -1.90. The third-order valence-corrected chi connectivity index (χ3v) is 8.01. The van der Waals surface area contributed by atoms with Gasteiger partial charge in [-0.25, -0.2) is 4.79 Å². The van der Waals surface area contributed by atoms with Crippen LogP contribution in [-0.2, 0) is 25.4 Å². The van der Waals surface area contributed by atoms with Crippen LogP contribution in [0.2, 0.25) is 0 Å². The summed E-state index contributed by atoms with van der Waals surface area (Å²) < 4.78 is 18.6. The number of hydrogen-bond acceptors (Lipinski definition) is 5. The van der Waals surface area contributed by atoms with E-state index in [0.717, 1.165) is 40.6 Å². The lowest BCUT2D eigenvalue weighted by molar-refractivity contribution is -0.116. The van der Waals surface area contributed by atoms with Crippen LogP contribution < -0.4 is 5.32 Å². The molecule has 1 saturated heterocycles. The fraction of sp³-hybridized carbons (Fsp3) is 0.615. The summed E-state index contributed by atoms with van der Waals surface area (Å²) in [6, 6.07) is 4.11. The molecule has 184 valence electrons. The van der Waals surface area contributed by atoms with Crippen LogP contribution in [0.3, 0.4) is 0 Å². The number of aryl methyl sites for hydroxylation is 2. The van der Waals surface area contributed by atoms with Gasteiger partial charge in [-0.3, -0.25) is 4.79 Å². The van der Waals surface area contributed by atoms with Crippen LogP contribution >= 0.6 is 15.9 Å². The molecule has 0 unspecified atom stereocenters. The molecule has 2 aliphatic heterocycles. The van der Waals surface area contributed by atoms with Crippen molar-refractivity contribution in [3.05, 3.63) is 39.1 Å². The Balaban J connectivity index is 1.53. The highest BCUT2D eigenvalue weighted by molar-refractivity contribution is 9.10. The summed E-state index contributed by atoms with van der Waals surface area (Å²) in [6.07, 6.45) is 5.00. The second-order valence-corrected chi connectivity index (χ2v) is 10.8. The van der Waals surface area contributed by atoms with Crippen LogP contribution in [-0.4, -0.2) is 61.5 Å². The highest BCUT2D eigenvalue weighted by Crippen LogP contribution is 2.47. The van der Waals surface area contributed by atoms with Gasteiger partial charge in [-0.1, -0.05) is 28.9 Å². The average Bonchev–Trinajstić information content (AvgIpc) is 3.52. The SMILES string of the molecule is CCc1cc(C)cc(Br)c1C1=C(OC(=O)N2CCOCC2)[C@@]2(CC[C@@H](OCC3CC3)C2)NC1=O. The van der Waals surface area contributed by atoms with Crippen molar-refractivity contribution < 1.29 is 23.8 Å². The number of carbonyl (C=O) groups is 2. The first-order chi connectivity index (χ1) is 16.4. The number of ether oxygens (including phenoxy) is 3. The second kappa shape index (κ2) is 9.63. The van der Waals surface area contributed by atoms with Crippen molar-refractivity contribution in [3.63, 3.8) is 0 Å². The van der Waals surface area contributed by atoms with E-state index in [1.54, 1.807) is 4.90 Å². The van der Waals surface area contributed by atoms with E-state index in [1.807, 2.05) is 13.0 Å². The van der Waals surface area contributed by atoms with Gasteiger partial charge in [0.25, 0.3) is 5.91 Å². The average molecular weight is 533 g/mol. The van der Waals surface area contributed by atoms with Crippen LogP contribution in [0.15, 0.2) is 22.4 Å². The molecule has 2 heterocycles. The van der Waals surface area contributed by atoms with Crippen LogP contribution in [0.1, 0.15) is 55.7 Å². The van der Waals surface area contributed by atoms with Crippen LogP contribution in [0.25, 0.3) is 5.57 Å². The number of nitrogens with one attached hydrogen (secondary N) is 1. The molecule has 8 heteroatoms. The summed E-state index contributed by atoms with van der Waals surface area (Å²) in [4.78, 5) is 28.4. The van der Waals surface area contributed by atoms with Gasteiger partial charge in [-0.15, -0.1) is 0 Å². The van der Waals surface area contributed by atoms with Crippen molar-refractivity contribution in [2.45, 2.75) is 64.0 Å². The number of benzene rings is 1. The Kier molecular flexibility index (Phi) is 6.75. The van der Waals surface area contributed by atoms with Crippen LogP contribution in [0.4, 0.5) is 4.79 Å². The van der Waals surface area contributed by atoms with Gasteiger partial charge in [-0.2, -0.15) is 0 Å². The quantitative estimate of drug-likeness (QED) is 0.589. The molecule has 0 aromatic heterocycles. The van der Waals surface area contributed by atoms with Crippen molar-refractivity contribution in [3.8, 4) is 0 Å². The first-order valence-corrected chi connectivity index (χ1v) is 13.2. The summed E-state index contributed by atoms with van der Waals surface area (Å²) in [5.74, 6) is 0.938. The van der Waals surface area contributed by atoms with Crippen molar-refractivity contribution in [2.24, 2.45) is 5.92 Å². The lowest BCUT2D eigenvalue weighted by Gasteiger charge is -2.30.